The Labute approximate surface area is 76.4 Å². The molecule has 0 fully saturated rings. The van der Waals surface area contributed by atoms with E-state index in [1.54, 1.807) is 0 Å². The number of carbonyl (C=O) groups excluding carboxylic acids is 2. The second kappa shape index (κ2) is 3.77. The van der Waals surface area contributed by atoms with Crippen molar-refractivity contribution in [1.29, 1.82) is 0 Å². The summed E-state index contributed by atoms with van der Waals surface area (Å²) < 4.78 is 0. The zero-order chi connectivity index (χ0) is 5.98. The number of ketones is 2. The maximum absolute atomic E-state index is 10.3. The van der Waals surface area contributed by atoms with Gasteiger partial charge in [-0.15, -0.1) is 0 Å². The van der Waals surface area contributed by atoms with Gasteiger partial charge < -0.3 is 1.43 Å². The van der Waals surface area contributed by atoms with E-state index in [0.717, 1.165) is 0 Å². The molecule has 42 valence electrons. The summed E-state index contributed by atoms with van der Waals surface area (Å²) in [6.07, 6.45) is 5.01. The van der Waals surface area contributed by atoms with Gasteiger partial charge in [0.05, 0.1) is 0 Å². The number of carbonyl (C=O) groups is 2. The topological polar surface area (TPSA) is 34.1 Å². The molecular formula is C6H5NaO2. The Morgan fingerprint density at radius 2 is 1.11 bits per heavy atom. The number of hydrogen-bond donors (Lipinski definition) is 0. The first-order chi connectivity index (χ1) is 3.79. The second-order valence-corrected chi connectivity index (χ2v) is 1.47. The summed E-state index contributed by atoms with van der Waals surface area (Å²) in [5.41, 5.74) is 0. The fraction of sp³-hybridized carbons (Fsp3) is 0. The van der Waals surface area contributed by atoms with Gasteiger partial charge >= 0.3 is 29.6 Å². The van der Waals surface area contributed by atoms with Crippen LogP contribution in [0.15, 0.2) is 24.3 Å². The Morgan fingerprint density at radius 3 is 1.33 bits per heavy atom. The number of rotatable bonds is 0. The molecule has 3 heteroatoms. The molecule has 0 atom stereocenters. The van der Waals surface area contributed by atoms with Crippen LogP contribution in [0.4, 0.5) is 0 Å². The van der Waals surface area contributed by atoms with Crippen LogP contribution in [0.25, 0.3) is 0 Å². The molecule has 1 aliphatic carbocycles. The van der Waals surface area contributed by atoms with Crippen LogP contribution in [-0.4, -0.2) is 11.6 Å². The molecule has 9 heavy (non-hydrogen) atoms. The zero-order valence-electron chi connectivity index (χ0n) is 6.13. The Hall–Kier alpha value is -0.180. The Bertz CT molecular complexity index is 158. The quantitative estimate of drug-likeness (QED) is 0.267. The normalized spacial score (nSPS) is 15.6. The molecule has 0 aromatic rings. The van der Waals surface area contributed by atoms with Gasteiger partial charge in [-0.2, -0.15) is 0 Å². The third-order valence-electron chi connectivity index (χ3n) is 0.824. The summed E-state index contributed by atoms with van der Waals surface area (Å²) in [6, 6.07) is 0. The predicted molar refractivity (Wildman–Crippen MR) is 29.4 cm³/mol. The van der Waals surface area contributed by atoms with Gasteiger partial charge in [-0.05, 0) is 24.3 Å². The van der Waals surface area contributed by atoms with Crippen molar-refractivity contribution in [1.82, 2.24) is 0 Å². The van der Waals surface area contributed by atoms with E-state index < -0.39 is 0 Å². The van der Waals surface area contributed by atoms with Crippen molar-refractivity contribution in [2.45, 2.75) is 0 Å². The summed E-state index contributed by atoms with van der Waals surface area (Å²) in [5.74, 6) is -0.241. The van der Waals surface area contributed by atoms with Crippen molar-refractivity contribution >= 4 is 11.6 Å². The van der Waals surface area contributed by atoms with Gasteiger partial charge in [-0.1, -0.05) is 0 Å². The van der Waals surface area contributed by atoms with Crippen molar-refractivity contribution in [3.63, 3.8) is 0 Å². The summed E-state index contributed by atoms with van der Waals surface area (Å²) in [5, 5.41) is 0. The van der Waals surface area contributed by atoms with Crippen LogP contribution >= 0.6 is 0 Å². The molecule has 0 aromatic heterocycles. The van der Waals surface area contributed by atoms with E-state index in [1.807, 2.05) is 0 Å². The Balaban J connectivity index is 0. The molecule has 1 rings (SSSR count). The minimum absolute atomic E-state index is 0. The molecule has 0 bridgehead atoms. The van der Waals surface area contributed by atoms with E-state index in [-0.39, 0.29) is 42.6 Å². The first kappa shape index (κ1) is 8.82. The summed E-state index contributed by atoms with van der Waals surface area (Å²) >= 11 is 0. The molecule has 0 N–H and O–H groups in total. The largest absolute Gasteiger partial charge is 1.00 e. The second-order valence-electron chi connectivity index (χ2n) is 1.47. The van der Waals surface area contributed by atoms with Crippen LogP contribution in [0.3, 0.4) is 0 Å². The molecular weight excluding hydrogens is 127 g/mol. The van der Waals surface area contributed by atoms with Gasteiger partial charge in [0.25, 0.3) is 0 Å². The van der Waals surface area contributed by atoms with Crippen molar-refractivity contribution in [2.24, 2.45) is 0 Å². The minimum atomic E-state index is -0.121. The van der Waals surface area contributed by atoms with E-state index in [4.69, 9.17) is 0 Å². The molecule has 0 spiro atoms. The van der Waals surface area contributed by atoms with Crippen molar-refractivity contribution in [3.8, 4) is 0 Å². The molecule has 2 nitrogen and oxygen atoms in total. The monoisotopic (exact) mass is 132 g/mol. The fourth-order valence-corrected chi connectivity index (χ4v) is 0.440. The SMILES string of the molecule is O=C1C=CC(=O)C=C1.[H-].[Na+]. The van der Waals surface area contributed by atoms with Crippen LogP contribution in [0, 0.1) is 0 Å². The van der Waals surface area contributed by atoms with Crippen LogP contribution in [-0.2, 0) is 9.59 Å². The van der Waals surface area contributed by atoms with Gasteiger partial charge in [0, 0.05) is 0 Å². The Kier molecular flexibility index (Phi) is 3.70. The van der Waals surface area contributed by atoms with Gasteiger partial charge in [0.2, 0.25) is 0 Å². The smallest absolute Gasteiger partial charge is 1.00 e. The molecule has 0 heterocycles. The third-order valence-corrected chi connectivity index (χ3v) is 0.824. The van der Waals surface area contributed by atoms with Crippen LogP contribution in [0.2, 0.25) is 0 Å². The van der Waals surface area contributed by atoms with E-state index in [2.05, 4.69) is 0 Å². The zero-order valence-corrected chi connectivity index (χ0v) is 7.13. The third kappa shape index (κ3) is 2.75. The summed E-state index contributed by atoms with van der Waals surface area (Å²) in [7, 11) is 0. The Morgan fingerprint density at radius 1 is 0.889 bits per heavy atom. The van der Waals surface area contributed by atoms with Crippen LogP contribution in [0.5, 0.6) is 0 Å². The van der Waals surface area contributed by atoms with Crippen molar-refractivity contribution in [2.75, 3.05) is 0 Å². The van der Waals surface area contributed by atoms with Crippen molar-refractivity contribution in [3.05, 3.63) is 24.3 Å². The molecule has 0 radical (unpaired) electrons. The van der Waals surface area contributed by atoms with Gasteiger partial charge in [-0.3, -0.25) is 9.59 Å². The van der Waals surface area contributed by atoms with E-state index in [1.165, 1.54) is 24.3 Å². The van der Waals surface area contributed by atoms with E-state index in [9.17, 15) is 9.59 Å². The van der Waals surface area contributed by atoms with Crippen LogP contribution < -0.4 is 29.6 Å². The number of allylic oxidation sites excluding steroid dienone is 4. The minimum Gasteiger partial charge on any atom is -1.00 e. The van der Waals surface area contributed by atoms with Gasteiger partial charge in [-0.25, -0.2) is 0 Å². The summed E-state index contributed by atoms with van der Waals surface area (Å²) in [6.45, 7) is 0. The maximum Gasteiger partial charge on any atom is 1.00 e. The van der Waals surface area contributed by atoms with Gasteiger partial charge in [0.15, 0.2) is 11.6 Å². The summed E-state index contributed by atoms with van der Waals surface area (Å²) in [4.78, 5) is 20.6. The average molecular weight is 132 g/mol. The van der Waals surface area contributed by atoms with E-state index in [0.29, 0.717) is 0 Å². The molecule has 0 aliphatic heterocycles. The molecule has 0 unspecified atom stereocenters. The molecule has 0 saturated carbocycles. The van der Waals surface area contributed by atoms with Crippen LogP contribution in [0.1, 0.15) is 1.43 Å². The number of hydrogen-bond acceptors (Lipinski definition) is 2. The first-order valence-electron chi connectivity index (χ1n) is 2.23. The molecule has 0 amide bonds. The molecule has 0 aromatic carbocycles. The maximum atomic E-state index is 10.3. The van der Waals surface area contributed by atoms with E-state index >= 15 is 0 Å². The fourth-order valence-electron chi connectivity index (χ4n) is 0.440. The van der Waals surface area contributed by atoms with Gasteiger partial charge in [0.1, 0.15) is 0 Å². The van der Waals surface area contributed by atoms with Crippen molar-refractivity contribution < 1.29 is 40.6 Å². The molecule has 0 saturated heterocycles. The predicted octanol–water partition coefficient (Wildman–Crippen LogP) is -2.63. The first-order valence-corrected chi connectivity index (χ1v) is 2.23. The standard InChI is InChI=1S/C6H4O2.Na.H/c7-5-1-2-6(8)4-3-5;;/h1-4H;;/q;+1;-1. The average Bonchev–Trinajstić information content (AvgIpc) is 1.77. The molecule has 1 aliphatic rings.